The van der Waals surface area contributed by atoms with E-state index in [4.69, 9.17) is 4.74 Å². The summed E-state index contributed by atoms with van der Waals surface area (Å²) in [6.07, 6.45) is 3.73. The molecule has 1 amide bonds. The van der Waals surface area contributed by atoms with Gasteiger partial charge in [-0.3, -0.25) is 9.59 Å². The van der Waals surface area contributed by atoms with E-state index in [9.17, 15) is 9.59 Å². The minimum Gasteiger partial charge on any atom is -0.376 e. The van der Waals surface area contributed by atoms with Gasteiger partial charge in [0.2, 0.25) is 0 Å². The molecule has 0 radical (unpaired) electrons. The number of ether oxygens (including phenoxy) is 1. The maximum atomic E-state index is 12.7. The molecule has 3 rings (SSSR count). The molecule has 0 aromatic carbocycles. The number of carbonyl (C=O) groups excluding carboxylic acids is 1. The van der Waals surface area contributed by atoms with Gasteiger partial charge < -0.3 is 14.6 Å². The molecule has 0 bridgehead atoms. The molecule has 0 spiro atoms. The standard InChI is InChI=1S/C16H20N4O3S/c1-10-5-6-20(9-12-4-3-7-23-12)16(22)14(10)15(21)17-8-13-19-18-11(2)24-13/h5-6,12H,3-4,7-9H2,1-2H3,(H,17,21). The van der Waals surface area contributed by atoms with Gasteiger partial charge in [0.1, 0.15) is 15.6 Å². The summed E-state index contributed by atoms with van der Waals surface area (Å²) < 4.78 is 7.14. The molecule has 0 saturated carbocycles. The van der Waals surface area contributed by atoms with Crippen molar-refractivity contribution in [1.29, 1.82) is 0 Å². The zero-order valence-corrected chi connectivity index (χ0v) is 14.6. The largest absolute Gasteiger partial charge is 0.376 e. The number of hydrogen-bond acceptors (Lipinski definition) is 6. The number of pyridine rings is 1. The van der Waals surface area contributed by atoms with Gasteiger partial charge >= 0.3 is 0 Å². The van der Waals surface area contributed by atoms with Crippen LogP contribution in [0.4, 0.5) is 0 Å². The second-order valence-corrected chi connectivity index (χ2v) is 7.13. The molecule has 1 saturated heterocycles. The van der Waals surface area contributed by atoms with Crippen molar-refractivity contribution in [3.8, 4) is 0 Å². The molecule has 7 nitrogen and oxygen atoms in total. The predicted molar refractivity (Wildman–Crippen MR) is 90.2 cm³/mol. The normalized spacial score (nSPS) is 17.2. The van der Waals surface area contributed by atoms with Crippen LogP contribution >= 0.6 is 11.3 Å². The van der Waals surface area contributed by atoms with Crippen molar-refractivity contribution in [3.63, 3.8) is 0 Å². The smallest absolute Gasteiger partial charge is 0.263 e. The number of amides is 1. The Hall–Kier alpha value is -2.06. The molecule has 128 valence electrons. The number of aromatic nitrogens is 3. The van der Waals surface area contributed by atoms with Crippen LogP contribution in [0.5, 0.6) is 0 Å². The van der Waals surface area contributed by atoms with Gasteiger partial charge in [-0.15, -0.1) is 10.2 Å². The van der Waals surface area contributed by atoms with Crippen LogP contribution < -0.4 is 10.9 Å². The molecule has 1 unspecified atom stereocenters. The first kappa shape index (κ1) is 16.8. The van der Waals surface area contributed by atoms with Gasteiger partial charge in [-0.05, 0) is 38.3 Å². The molecule has 1 N–H and O–H groups in total. The number of rotatable bonds is 5. The van der Waals surface area contributed by atoms with Crippen LogP contribution in [-0.4, -0.2) is 33.4 Å². The highest BCUT2D eigenvalue weighted by molar-refractivity contribution is 7.11. The summed E-state index contributed by atoms with van der Waals surface area (Å²) in [5.74, 6) is -0.382. The maximum absolute atomic E-state index is 12.7. The molecule has 24 heavy (non-hydrogen) atoms. The quantitative estimate of drug-likeness (QED) is 0.883. The van der Waals surface area contributed by atoms with E-state index in [0.717, 1.165) is 24.5 Å². The first-order valence-electron chi connectivity index (χ1n) is 7.93. The lowest BCUT2D eigenvalue weighted by Gasteiger charge is -2.14. The summed E-state index contributed by atoms with van der Waals surface area (Å²) in [7, 11) is 0. The van der Waals surface area contributed by atoms with E-state index in [1.165, 1.54) is 11.3 Å². The zero-order valence-electron chi connectivity index (χ0n) is 13.7. The lowest BCUT2D eigenvalue weighted by Crippen LogP contribution is -2.35. The molecule has 1 fully saturated rings. The molecular formula is C16H20N4O3S. The second kappa shape index (κ2) is 7.23. The van der Waals surface area contributed by atoms with Crippen molar-refractivity contribution in [3.05, 3.63) is 43.8 Å². The van der Waals surface area contributed by atoms with Crippen molar-refractivity contribution >= 4 is 17.2 Å². The predicted octanol–water partition coefficient (Wildman–Crippen LogP) is 1.43. The number of nitrogens with zero attached hydrogens (tertiary/aromatic N) is 3. The van der Waals surface area contributed by atoms with Crippen LogP contribution in [0, 0.1) is 13.8 Å². The van der Waals surface area contributed by atoms with E-state index < -0.39 is 0 Å². The summed E-state index contributed by atoms with van der Waals surface area (Å²) >= 11 is 1.42. The molecule has 3 heterocycles. The summed E-state index contributed by atoms with van der Waals surface area (Å²) in [6, 6.07) is 1.79. The lowest BCUT2D eigenvalue weighted by atomic mass is 10.1. The van der Waals surface area contributed by atoms with Gasteiger partial charge in [0.15, 0.2) is 0 Å². The van der Waals surface area contributed by atoms with Gasteiger partial charge in [0.05, 0.1) is 19.2 Å². The molecule has 1 aliphatic heterocycles. The number of nitrogens with one attached hydrogen (secondary N) is 1. The molecule has 2 aromatic rings. The van der Waals surface area contributed by atoms with Crippen LogP contribution in [0.2, 0.25) is 0 Å². The van der Waals surface area contributed by atoms with Gasteiger partial charge in [-0.25, -0.2) is 0 Å². The van der Waals surface area contributed by atoms with Crippen molar-refractivity contribution in [1.82, 2.24) is 20.1 Å². The Balaban J connectivity index is 1.75. The molecule has 2 aromatic heterocycles. The Morgan fingerprint density at radius 2 is 2.29 bits per heavy atom. The van der Waals surface area contributed by atoms with Crippen LogP contribution in [-0.2, 0) is 17.8 Å². The van der Waals surface area contributed by atoms with Crippen LogP contribution in [0.1, 0.15) is 38.8 Å². The van der Waals surface area contributed by atoms with Gasteiger partial charge in [-0.1, -0.05) is 11.3 Å². The number of carbonyl (C=O) groups is 1. The fraction of sp³-hybridized carbons (Fsp3) is 0.500. The average Bonchev–Trinajstić information content (AvgIpc) is 3.20. The highest BCUT2D eigenvalue weighted by Crippen LogP contribution is 2.14. The van der Waals surface area contributed by atoms with E-state index in [2.05, 4.69) is 15.5 Å². The van der Waals surface area contributed by atoms with Crippen molar-refractivity contribution < 1.29 is 9.53 Å². The third kappa shape index (κ3) is 3.70. The molecule has 1 atom stereocenters. The van der Waals surface area contributed by atoms with E-state index in [0.29, 0.717) is 17.1 Å². The van der Waals surface area contributed by atoms with Crippen LogP contribution in [0.3, 0.4) is 0 Å². The van der Waals surface area contributed by atoms with E-state index in [1.54, 1.807) is 23.8 Å². The second-order valence-electron chi connectivity index (χ2n) is 5.86. The third-order valence-corrected chi connectivity index (χ3v) is 4.83. The van der Waals surface area contributed by atoms with E-state index in [1.807, 2.05) is 6.92 Å². The summed E-state index contributed by atoms with van der Waals surface area (Å²) in [5.41, 5.74) is 0.558. The van der Waals surface area contributed by atoms with Crippen molar-refractivity contribution in [2.45, 2.75) is 45.9 Å². The van der Waals surface area contributed by atoms with Crippen LogP contribution in [0.15, 0.2) is 17.1 Å². The molecule has 1 aliphatic rings. The third-order valence-electron chi connectivity index (χ3n) is 3.99. The van der Waals surface area contributed by atoms with Crippen LogP contribution in [0.25, 0.3) is 0 Å². The minimum atomic E-state index is -0.382. The Morgan fingerprint density at radius 3 is 2.96 bits per heavy atom. The summed E-state index contributed by atoms with van der Waals surface area (Å²) in [4.78, 5) is 25.1. The number of hydrogen-bond donors (Lipinski definition) is 1. The Labute approximate surface area is 143 Å². The van der Waals surface area contributed by atoms with E-state index in [-0.39, 0.29) is 29.7 Å². The molecule has 0 aliphatic carbocycles. The molecular weight excluding hydrogens is 328 g/mol. The minimum absolute atomic E-state index is 0.0469. The topological polar surface area (TPSA) is 86.1 Å². The van der Waals surface area contributed by atoms with Gasteiger partial charge in [0, 0.05) is 12.8 Å². The van der Waals surface area contributed by atoms with Gasteiger partial charge in [0.25, 0.3) is 11.5 Å². The van der Waals surface area contributed by atoms with Crippen molar-refractivity contribution in [2.24, 2.45) is 0 Å². The Bertz CT molecular complexity index is 793. The lowest BCUT2D eigenvalue weighted by molar-refractivity contribution is 0.0928. The Morgan fingerprint density at radius 1 is 1.46 bits per heavy atom. The first-order valence-corrected chi connectivity index (χ1v) is 8.75. The summed E-state index contributed by atoms with van der Waals surface area (Å²) in [6.45, 7) is 5.11. The van der Waals surface area contributed by atoms with Gasteiger partial charge in [-0.2, -0.15) is 0 Å². The Kier molecular flexibility index (Phi) is 5.06. The highest BCUT2D eigenvalue weighted by atomic mass is 32.1. The number of aryl methyl sites for hydroxylation is 2. The first-order chi connectivity index (χ1) is 11.5. The zero-order chi connectivity index (χ0) is 17.1. The average molecular weight is 348 g/mol. The maximum Gasteiger partial charge on any atom is 0.263 e. The highest BCUT2D eigenvalue weighted by Gasteiger charge is 2.20. The fourth-order valence-electron chi connectivity index (χ4n) is 2.75. The van der Waals surface area contributed by atoms with Crippen molar-refractivity contribution in [2.75, 3.05) is 6.61 Å². The summed E-state index contributed by atoms with van der Waals surface area (Å²) in [5, 5.41) is 12.2. The molecule has 8 heteroatoms. The fourth-order valence-corrected chi connectivity index (χ4v) is 3.39. The SMILES string of the molecule is Cc1nnc(CNC(=O)c2c(C)ccn(CC3CCCO3)c2=O)s1. The van der Waals surface area contributed by atoms with E-state index >= 15 is 0 Å². The monoisotopic (exact) mass is 348 g/mol.